The number of nitrogens with two attached hydrogens (primary N) is 1. The number of carbonyl (C=O) groups excluding carboxylic acids is 2. The molecule has 5 rings (SSSR count). The highest BCUT2D eigenvalue weighted by Gasteiger charge is 2.28. The van der Waals surface area contributed by atoms with Crippen molar-refractivity contribution >= 4 is 39.8 Å². The van der Waals surface area contributed by atoms with Crippen molar-refractivity contribution in [1.29, 1.82) is 0 Å². The molecule has 0 saturated heterocycles. The third-order valence-electron chi connectivity index (χ3n) is 6.80. The quantitative estimate of drug-likeness (QED) is 0.0919. The van der Waals surface area contributed by atoms with E-state index in [-0.39, 0.29) is 13.2 Å². The molecule has 5 aromatic carbocycles. The van der Waals surface area contributed by atoms with E-state index in [1.165, 1.54) is 12.2 Å². The molecule has 2 atom stereocenters. The summed E-state index contributed by atoms with van der Waals surface area (Å²) in [4.78, 5) is 26.4. The van der Waals surface area contributed by atoms with E-state index in [1.54, 1.807) is 66.7 Å². The number of ether oxygens (including phenoxy) is 3. The molecule has 0 aliphatic heterocycles. The summed E-state index contributed by atoms with van der Waals surface area (Å²) in [7, 11) is 0. The highest BCUT2D eigenvalue weighted by atomic mass is 16.6. The van der Waals surface area contributed by atoms with Gasteiger partial charge in [0.15, 0.2) is 12.2 Å². The maximum absolute atomic E-state index is 13.5. The Hall–Kier alpha value is -5.80. The highest BCUT2D eigenvalue weighted by Crippen LogP contribution is 2.30. The van der Waals surface area contributed by atoms with Gasteiger partial charge in [0.05, 0.1) is 23.7 Å². The molecule has 5 aromatic rings. The summed E-state index contributed by atoms with van der Waals surface area (Å²) in [5, 5.41) is 16.6. The van der Waals surface area contributed by atoms with E-state index in [0.717, 1.165) is 10.8 Å². The molecule has 0 aliphatic rings. The largest absolute Gasteiger partial charge is 0.491 e. The van der Waals surface area contributed by atoms with Gasteiger partial charge in [-0.15, -0.1) is 0 Å². The van der Waals surface area contributed by atoms with Gasteiger partial charge in [-0.2, -0.15) is 0 Å². The van der Waals surface area contributed by atoms with Crippen LogP contribution in [0, 0.1) is 0 Å². The van der Waals surface area contributed by atoms with Crippen molar-refractivity contribution in [3.05, 3.63) is 139 Å². The average molecular weight is 604 g/mol. The second kappa shape index (κ2) is 15.1. The summed E-state index contributed by atoms with van der Waals surface area (Å²) >= 11 is 0. The maximum Gasteiger partial charge on any atom is 0.412 e. The number of benzene rings is 5. The minimum absolute atomic E-state index is 0.129. The predicted octanol–water partition coefficient (Wildman–Crippen LogP) is 6.73. The number of rotatable bonds is 12. The molecule has 5 N–H and O–H groups in total. The monoisotopic (exact) mass is 603 g/mol. The van der Waals surface area contributed by atoms with Crippen LogP contribution < -0.4 is 25.8 Å². The lowest BCUT2D eigenvalue weighted by Crippen LogP contribution is -2.30. The molecule has 0 fully saturated rings. The molecule has 9 nitrogen and oxygen atoms in total. The van der Waals surface area contributed by atoms with Gasteiger partial charge < -0.3 is 30.4 Å². The van der Waals surface area contributed by atoms with Crippen LogP contribution in [0.4, 0.5) is 21.9 Å². The molecule has 228 valence electrons. The fraction of sp³-hybridized carbons (Fsp3) is 0.111. The molecule has 0 heterocycles. The molecule has 2 amide bonds. The van der Waals surface area contributed by atoms with E-state index >= 15 is 0 Å². The maximum atomic E-state index is 13.5. The van der Waals surface area contributed by atoms with Gasteiger partial charge in [0.2, 0.25) is 5.91 Å². The number of carbonyl (C=O) groups is 2. The smallest absolute Gasteiger partial charge is 0.412 e. The third kappa shape index (κ3) is 8.40. The normalized spacial score (nSPS) is 12.3. The van der Waals surface area contributed by atoms with E-state index in [1.807, 2.05) is 54.6 Å². The Morgan fingerprint density at radius 2 is 1.44 bits per heavy atom. The predicted molar refractivity (Wildman–Crippen MR) is 175 cm³/mol. The number of amides is 2. The second-order valence-corrected chi connectivity index (χ2v) is 9.95. The Kier molecular flexibility index (Phi) is 10.3. The summed E-state index contributed by atoms with van der Waals surface area (Å²) < 4.78 is 17.9. The first-order valence-corrected chi connectivity index (χ1v) is 14.3. The number of aliphatic hydroxyl groups excluding tert-OH is 1. The first kappa shape index (κ1) is 30.7. The van der Waals surface area contributed by atoms with Crippen LogP contribution in [0.5, 0.6) is 11.5 Å². The Morgan fingerprint density at radius 3 is 2.22 bits per heavy atom. The average Bonchev–Trinajstić information content (AvgIpc) is 3.07. The van der Waals surface area contributed by atoms with Crippen molar-refractivity contribution in [3.8, 4) is 11.5 Å². The van der Waals surface area contributed by atoms with Crippen molar-refractivity contribution in [2.75, 3.05) is 29.6 Å². The minimum Gasteiger partial charge on any atom is -0.491 e. The van der Waals surface area contributed by atoms with Gasteiger partial charge in [-0.3, -0.25) is 10.1 Å². The number of nitrogen functional groups attached to an aromatic ring is 1. The number of anilines is 3. The summed E-state index contributed by atoms with van der Waals surface area (Å²) in [6, 6.07) is 36.1. The van der Waals surface area contributed by atoms with Crippen LogP contribution in [0.15, 0.2) is 133 Å². The Morgan fingerprint density at radius 1 is 0.756 bits per heavy atom. The first-order valence-electron chi connectivity index (χ1n) is 14.3. The van der Waals surface area contributed by atoms with E-state index in [9.17, 15) is 9.59 Å². The Balaban J connectivity index is 1.46. The molecule has 0 radical (unpaired) electrons. The number of para-hydroxylation sites is 3. The zero-order valence-corrected chi connectivity index (χ0v) is 24.3. The van der Waals surface area contributed by atoms with E-state index < -0.39 is 24.2 Å². The number of fused-ring (bicyclic) bond motifs is 1. The summed E-state index contributed by atoms with van der Waals surface area (Å²) in [5.74, 6) is 0.592. The Bertz CT molecular complexity index is 1750. The van der Waals surface area contributed by atoms with Crippen molar-refractivity contribution in [3.63, 3.8) is 0 Å². The second-order valence-electron chi connectivity index (χ2n) is 9.95. The van der Waals surface area contributed by atoms with Crippen LogP contribution in [0.1, 0.15) is 11.7 Å². The molecule has 0 spiro atoms. The van der Waals surface area contributed by atoms with Crippen LogP contribution >= 0.6 is 0 Å². The molecular weight excluding hydrogens is 570 g/mol. The van der Waals surface area contributed by atoms with Gasteiger partial charge in [0.25, 0.3) is 0 Å². The standard InChI is InChI=1S/C36H33N3O6/c37-30-14-6-7-15-32(30)38-34(41)22-21-33(44-28-11-2-1-3-12-28)35(26-17-19-27(20-18-26)43-24-23-40)45-36(42)39-31-16-8-10-25-9-4-5-13-29(25)31/h1-22,33,35,40H,23-24,37H2,(H,38,41)(H,39,42)/b22-21+/t33-,35-/m1/s1. The lowest BCUT2D eigenvalue weighted by atomic mass is 10.0. The zero-order valence-electron chi connectivity index (χ0n) is 24.3. The highest BCUT2D eigenvalue weighted by molar-refractivity contribution is 6.01. The summed E-state index contributed by atoms with van der Waals surface area (Å²) in [6.07, 6.45) is 0.200. The van der Waals surface area contributed by atoms with Gasteiger partial charge in [-0.05, 0) is 59.5 Å². The lowest BCUT2D eigenvalue weighted by molar-refractivity contribution is -0.112. The topological polar surface area (TPSA) is 132 Å². The molecule has 0 aliphatic carbocycles. The lowest BCUT2D eigenvalue weighted by Gasteiger charge is -2.26. The number of aliphatic hydroxyl groups is 1. The molecular formula is C36H33N3O6. The minimum atomic E-state index is -1.00. The van der Waals surface area contributed by atoms with Gasteiger partial charge in [0, 0.05) is 11.5 Å². The van der Waals surface area contributed by atoms with Crippen molar-refractivity contribution in [2.45, 2.75) is 12.2 Å². The molecule has 0 aromatic heterocycles. The van der Waals surface area contributed by atoms with Gasteiger partial charge in [-0.1, -0.05) is 78.9 Å². The zero-order chi connectivity index (χ0) is 31.4. The fourth-order valence-corrected chi connectivity index (χ4v) is 4.66. The summed E-state index contributed by atoms with van der Waals surface area (Å²) in [5.41, 5.74) is 8.05. The third-order valence-corrected chi connectivity index (χ3v) is 6.80. The molecule has 0 unspecified atom stereocenters. The Labute approximate surface area is 260 Å². The molecule has 0 bridgehead atoms. The molecule has 9 heteroatoms. The van der Waals surface area contributed by atoms with Gasteiger partial charge in [-0.25, -0.2) is 4.79 Å². The van der Waals surface area contributed by atoms with Crippen LogP contribution in [0.3, 0.4) is 0 Å². The van der Waals surface area contributed by atoms with Crippen LogP contribution in [0.2, 0.25) is 0 Å². The number of nitrogens with one attached hydrogen (secondary N) is 2. The van der Waals surface area contributed by atoms with Crippen molar-refractivity contribution in [2.24, 2.45) is 0 Å². The van der Waals surface area contributed by atoms with Crippen molar-refractivity contribution in [1.82, 2.24) is 0 Å². The fourth-order valence-electron chi connectivity index (χ4n) is 4.66. The van der Waals surface area contributed by atoms with Crippen LogP contribution in [-0.4, -0.2) is 36.4 Å². The molecule has 0 saturated carbocycles. The number of hydrogen-bond acceptors (Lipinski definition) is 7. The van der Waals surface area contributed by atoms with E-state index in [0.29, 0.717) is 34.1 Å². The van der Waals surface area contributed by atoms with E-state index in [4.69, 9.17) is 25.1 Å². The van der Waals surface area contributed by atoms with Crippen molar-refractivity contribution < 1.29 is 28.9 Å². The number of hydrogen-bond donors (Lipinski definition) is 4. The van der Waals surface area contributed by atoms with Gasteiger partial charge >= 0.3 is 6.09 Å². The first-order chi connectivity index (χ1) is 22.0. The van der Waals surface area contributed by atoms with E-state index in [2.05, 4.69) is 10.6 Å². The van der Waals surface area contributed by atoms with Gasteiger partial charge in [0.1, 0.15) is 18.1 Å². The molecule has 45 heavy (non-hydrogen) atoms. The van der Waals surface area contributed by atoms with Crippen LogP contribution in [-0.2, 0) is 9.53 Å². The van der Waals surface area contributed by atoms with Crippen LogP contribution in [0.25, 0.3) is 10.8 Å². The summed E-state index contributed by atoms with van der Waals surface area (Å²) in [6.45, 7) is 0.00649. The SMILES string of the molecule is Nc1ccccc1NC(=O)/C=C/[C@@H](Oc1ccccc1)[C@H](OC(=O)Nc1cccc2ccccc12)c1ccc(OCCO)cc1.